The van der Waals surface area contributed by atoms with Crippen molar-refractivity contribution in [1.82, 2.24) is 0 Å². The SMILES string of the molecule is COc1ccc(-c2oc3ccccc3c(=O)c2OC(C)C(=O)c2ccccc2)cc1. The van der Waals surface area contributed by atoms with Crippen molar-refractivity contribution in [3.63, 3.8) is 0 Å². The first-order valence-electron chi connectivity index (χ1n) is 9.54. The molecule has 4 rings (SSSR count). The van der Waals surface area contributed by atoms with Crippen LogP contribution in [0.4, 0.5) is 0 Å². The number of methoxy groups -OCH3 is 1. The quantitative estimate of drug-likeness (QED) is 0.420. The van der Waals surface area contributed by atoms with Crippen LogP contribution in [0, 0.1) is 0 Å². The molecule has 0 aliphatic carbocycles. The fraction of sp³-hybridized carbons (Fsp3) is 0.120. The number of carbonyl (C=O) groups is 1. The highest BCUT2D eigenvalue weighted by Crippen LogP contribution is 2.32. The molecular formula is C25H20O5. The molecule has 1 atom stereocenters. The predicted molar refractivity (Wildman–Crippen MR) is 115 cm³/mol. The van der Waals surface area contributed by atoms with Crippen molar-refractivity contribution in [2.45, 2.75) is 13.0 Å². The van der Waals surface area contributed by atoms with Gasteiger partial charge in [0.15, 0.2) is 11.9 Å². The average molecular weight is 400 g/mol. The van der Waals surface area contributed by atoms with E-state index in [1.807, 2.05) is 6.07 Å². The second-order valence-corrected chi connectivity index (χ2v) is 6.80. The van der Waals surface area contributed by atoms with Crippen LogP contribution >= 0.6 is 0 Å². The van der Waals surface area contributed by atoms with Crippen LogP contribution in [0.15, 0.2) is 88.1 Å². The van der Waals surface area contributed by atoms with Gasteiger partial charge in [-0.25, -0.2) is 0 Å². The average Bonchev–Trinajstić information content (AvgIpc) is 2.81. The van der Waals surface area contributed by atoms with Gasteiger partial charge >= 0.3 is 0 Å². The lowest BCUT2D eigenvalue weighted by Crippen LogP contribution is -2.26. The number of rotatable bonds is 6. The number of ketones is 1. The second-order valence-electron chi connectivity index (χ2n) is 6.80. The molecule has 3 aromatic carbocycles. The molecule has 0 saturated carbocycles. The smallest absolute Gasteiger partial charge is 0.235 e. The Kier molecular flexibility index (Phi) is 5.35. The van der Waals surface area contributed by atoms with Crippen molar-refractivity contribution < 1.29 is 18.7 Å². The molecule has 0 fully saturated rings. The Morgan fingerprint density at radius 3 is 2.27 bits per heavy atom. The summed E-state index contributed by atoms with van der Waals surface area (Å²) in [6.45, 7) is 1.63. The van der Waals surface area contributed by atoms with E-state index < -0.39 is 6.10 Å². The monoisotopic (exact) mass is 400 g/mol. The van der Waals surface area contributed by atoms with Crippen molar-refractivity contribution in [3.05, 3.63) is 94.6 Å². The summed E-state index contributed by atoms with van der Waals surface area (Å²) in [5, 5.41) is 0.393. The van der Waals surface area contributed by atoms with Crippen molar-refractivity contribution in [1.29, 1.82) is 0 Å². The number of para-hydroxylation sites is 1. The van der Waals surface area contributed by atoms with E-state index in [2.05, 4.69) is 0 Å². The van der Waals surface area contributed by atoms with Gasteiger partial charge in [-0.1, -0.05) is 42.5 Å². The minimum absolute atomic E-state index is 0.00986. The molecule has 150 valence electrons. The number of hydrogen-bond donors (Lipinski definition) is 0. The van der Waals surface area contributed by atoms with Crippen LogP contribution in [0.5, 0.6) is 11.5 Å². The lowest BCUT2D eigenvalue weighted by molar-refractivity contribution is 0.0815. The maximum absolute atomic E-state index is 13.2. The van der Waals surface area contributed by atoms with E-state index in [9.17, 15) is 9.59 Å². The summed E-state index contributed by atoms with van der Waals surface area (Å²) in [6, 6.07) is 22.9. The van der Waals surface area contributed by atoms with Gasteiger partial charge in [0.25, 0.3) is 0 Å². The fourth-order valence-corrected chi connectivity index (χ4v) is 3.23. The highest BCUT2D eigenvalue weighted by Gasteiger charge is 2.23. The number of hydrogen-bond acceptors (Lipinski definition) is 5. The lowest BCUT2D eigenvalue weighted by Gasteiger charge is -2.16. The number of benzene rings is 3. The first kappa shape index (κ1) is 19.5. The molecule has 0 aliphatic heterocycles. The van der Waals surface area contributed by atoms with E-state index in [1.165, 1.54) is 0 Å². The Morgan fingerprint density at radius 2 is 1.57 bits per heavy atom. The third kappa shape index (κ3) is 3.70. The maximum Gasteiger partial charge on any atom is 0.235 e. The molecule has 4 aromatic rings. The Morgan fingerprint density at radius 1 is 0.900 bits per heavy atom. The van der Waals surface area contributed by atoms with Gasteiger partial charge in [0, 0.05) is 11.1 Å². The molecule has 0 aliphatic rings. The van der Waals surface area contributed by atoms with Gasteiger partial charge in [-0.15, -0.1) is 0 Å². The molecule has 0 bridgehead atoms. The molecule has 5 heteroatoms. The normalized spacial score (nSPS) is 11.8. The minimum Gasteiger partial charge on any atom is -0.497 e. The van der Waals surface area contributed by atoms with Crippen LogP contribution in [0.2, 0.25) is 0 Å². The van der Waals surface area contributed by atoms with Gasteiger partial charge in [-0.2, -0.15) is 0 Å². The number of ether oxygens (including phenoxy) is 2. The van der Waals surface area contributed by atoms with Gasteiger partial charge in [-0.05, 0) is 43.3 Å². The van der Waals surface area contributed by atoms with Crippen LogP contribution < -0.4 is 14.9 Å². The summed E-state index contributed by atoms with van der Waals surface area (Å²) in [7, 11) is 1.58. The molecular weight excluding hydrogens is 380 g/mol. The minimum atomic E-state index is -0.867. The van der Waals surface area contributed by atoms with Crippen LogP contribution in [-0.2, 0) is 0 Å². The van der Waals surface area contributed by atoms with E-state index in [-0.39, 0.29) is 22.7 Å². The van der Waals surface area contributed by atoms with Crippen LogP contribution in [0.1, 0.15) is 17.3 Å². The summed E-state index contributed by atoms with van der Waals surface area (Å²) >= 11 is 0. The van der Waals surface area contributed by atoms with Gasteiger partial charge in [0.05, 0.1) is 12.5 Å². The molecule has 0 saturated heterocycles. The highest BCUT2D eigenvalue weighted by atomic mass is 16.5. The second kappa shape index (κ2) is 8.25. The third-order valence-corrected chi connectivity index (χ3v) is 4.83. The molecule has 0 spiro atoms. The molecule has 30 heavy (non-hydrogen) atoms. The van der Waals surface area contributed by atoms with E-state index in [0.29, 0.717) is 27.8 Å². The predicted octanol–water partition coefficient (Wildman–Crippen LogP) is 5.12. The van der Waals surface area contributed by atoms with E-state index in [0.717, 1.165) is 0 Å². The van der Waals surface area contributed by atoms with Crippen molar-refractivity contribution in [2.75, 3.05) is 7.11 Å². The van der Waals surface area contributed by atoms with Gasteiger partial charge in [0.1, 0.15) is 11.3 Å². The summed E-state index contributed by atoms with van der Waals surface area (Å²) in [5.41, 5.74) is 1.28. The summed E-state index contributed by atoms with van der Waals surface area (Å²) in [6.07, 6.45) is -0.867. The summed E-state index contributed by atoms with van der Waals surface area (Å²) in [5.74, 6) is 0.741. The molecule has 0 N–H and O–H groups in total. The Hall–Kier alpha value is -3.86. The van der Waals surface area contributed by atoms with Gasteiger partial charge < -0.3 is 13.9 Å². The van der Waals surface area contributed by atoms with Crippen LogP contribution in [-0.4, -0.2) is 19.0 Å². The van der Waals surface area contributed by atoms with Crippen molar-refractivity contribution in [2.24, 2.45) is 0 Å². The van der Waals surface area contributed by atoms with Gasteiger partial charge in [-0.3, -0.25) is 9.59 Å². The topological polar surface area (TPSA) is 65.7 Å². The maximum atomic E-state index is 13.2. The lowest BCUT2D eigenvalue weighted by atomic mass is 10.1. The number of carbonyl (C=O) groups excluding carboxylic acids is 1. The van der Waals surface area contributed by atoms with Gasteiger partial charge in [0.2, 0.25) is 17.0 Å². The van der Waals surface area contributed by atoms with Crippen molar-refractivity contribution in [3.8, 4) is 22.8 Å². The standard InChI is InChI=1S/C25H20O5/c1-16(22(26)17-8-4-3-5-9-17)29-25-23(27)20-10-6-7-11-21(20)30-24(25)18-12-14-19(28-2)15-13-18/h3-16H,1-2H3. The van der Waals surface area contributed by atoms with Crippen molar-refractivity contribution >= 4 is 16.8 Å². The highest BCUT2D eigenvalue weighted by molar-refractivity contribution is 5.99. The first-order valence-corrected chi connectivity index (χ1v) is 9.54. The zero-order chi connectivity index (χ0) is 21.1. The van der Waals surface area contributed by atoms with Crippen LogP contribution in [0.25, 0.3) is 22.3 Å². The Labute approximate surface area is 173 Å². The molecule has 5 nitrogen and oxygen atoms in total. The third-order valence-electron chi connectivity index (χ3n) is 4.83. The number of Topliss-reactive ketones (excluding diaryl/α,β-unsaturated/α-hetero) is 1. The zero-order valence-corrected chi connectivity index (χ0v) is 16.6. The van der Waals surface area contributed by atoms with E-state index >= 15 is 0 Å². The van der Waals surface area contributed by atoms with E-state index in [4.69, 9.17) is 13.9 Å². The van der Waals surface area contributed by atoms with E-state index in [1.54, 1.807) is 86.8 Å². The molecule has 1 unspecified atom stereocenters. The molecule has 0 radical (unpaired) electrons. The zero-order valence-electron chi connectivity index (χ0n) is 16.6. The fourth-order valence-electron chi connectivity index (χ4n) is 3.23. The summed E-state index contributed by atoms with van der Waals surface area (Å²) in [4.78, 5) is 26.0. The molecule has 1 aromatic heterocycles. The largest absolute Gasteiger partial charge is 0.497 e. The molecule has 0 amide bonds. The molecule has 1 heterocycles. The Bertz CT molecular complexity index is 1240. The van der Waals surface area contributed by atoms with Crippen LogP contribution in [0.3, 0.4) is 0 Å². The summed E-state index contributed by atoms with van der Waals surface area (Å²) < 4.78 is 17.2. The first-order chi connectivity index (χ1) is 14.6. The number of fused-ring (bicyclic) bond motifs is 1. The Balaban J connectivity index is 1.81.